The molecule has 1 aromatic heterocycles. The molecule has 1 unspecified atom stereocenters. The van der Waals surface area contributed by atoms with Crippen LogP contribution in [0.3, 0.4) is 0 Å². The van der Waals surface area contributed by atoms with Gasteiger partial charge in [-0.1, -0.05) is 18.2 Å². The largest absolute Gasteiger partial charge is 0.350 e. The van der Waals surface area contributed by atoms with E-state index in [1.807, 2.05) is 44.2 Å². The van der Waals surface area contributed by atoms with Crippen LogP contribution in [-0.4, -0.2) is 36.0 Å². The molecule has 26 heavy (non-hydrogen) atoms. The first-order valence-electron chi connectivity index (χ1n) is 8.32. The molecule has 0 fully saturated rings. The fourth-order valence-corrected chi connectivity index (χ4v) is 3.14. The zero-order chi connectivity index (χ0) is 18.8. The number of aryl methyl sites for hydroxylation is 1. The number of carbonyl (C=O) groups is 1. The molecule has 0 aliphatic heterocycles. The highest BCUT2D eigenvalue weighted by molar-refractivity contribution is 5.94. The Morgan fingerprint density at radius 1 is 1.15 bits per heavy atom. The Morgan fingerprint density at radius 2 is 1.88 bits per heavy atom. The van der Waals surface area contributed by atoms with E-state index in [9.17, 15) is 13.6 Å². The lowest BCUT2D eigenvalue weighted by atomic mass is 10.0. The molecule has 0 aliphatic carbocycles. The summed E-state index contributed by atoms with van der Waals surface area (Å²) >= 11 is 0. The van der Waals surface area contributed by atoms with Crippen LogP contribution < -0.4 is 5.32 Å². The second-order valence-electron chi connectivity index (χ2n) is 6.53. The summed E-state index contributed by atoms with van der Waals surface area (Å²) in [7, 11) is 5.87. The summed E-state index contributed by atoms with van der Waals surface area (Å²) in [6.45, 7) is 0.346. The van der Waals surface area contributed by atoms with Gasteiger partial charge in [0.25, 0.3) is 5.91 Å². The Labute approximate surface area is 151 Å². The predicted octanol–water partition coefficient (Wildman–Crippen LogP) is 3.49. The number of aromatic nitrogens is 1. The van der Waals surface area contributed by atoms with E-state index < -0.39 is 17.5 Å². The lowest BCUT2D eigenvalue weighted by Crippen LogP contribution is -2.34. The Kier molecular flexibility index (Phi) is 5.04. The van der Waals surface area contributed by atoms with Gasteiger partial charge in [0.1, 0.15) is 0 Å². The summed E-state index contributed by atoms with van der Waals surface area (Å²) in [5.74, 6) is -2.43. The molecule has 3 aromatic rings. The van der Waals surface area contributed by atoms with Gasteiger partial charge in [0.05, 0.1) is 6.04 Å². The van der Waals surface area contributed by atoms with E-state index in [2.05, 4.69) is 22.1 Å². The van der Waals surface area contributed by atoms with Gasteiger partial charge in [-0.25, -0.2) is 8.78 Å². The minimum atomic E-state index is -1.03. The van der Waals surface area contributed by atoms with E-state index in [1.54, 1.807) is 0 Å². The third-order valence-electron chi connectivity index (χ3n) is 4.55. The SMILES string of the molecule is CN(C)C(CNC(=O)c1ccc(F)c(F)c1)c1cn(C)c2ccccc12. The second-order valence-corrected chi connectivity index (χ2v) is 6.53. The molecule has 0 spiro atoms. The highest BCUT2D eigenvalue weighted by Crippen LogP contribution is 2.28. The van der Waals surface area contributed by atoms with Gasteiger partial charge in [0.15, 0.2) is 11.6 Å². The highest BCUT2D eigenvalue weighted by Gasteiger charge is 2.20. The number of benzene rings is 2. The molecule has 2 aromatic carbocycles. The lowest BCUT2D eigenvalue weighted by Gasteiger charge is -2.24. The van der Waals surface area contributed by atoms with Gasteiger partial charge < -0.3 is 14.8 Å². The van der Waals surface area contributed by atoms with Gasteiger partial charge in [-0.15, -0.1) is 0 Å². The average molecular weight is 357 g/mol. The van der Waals surface area contributed by atoms with Gasteiger partial charge in [-0.3, -0.25) is 4.79 Å². The molecule has 1 atom stereocenters. The van der Waals surface area contributed by atoms with Crippen molar-refractivity contribution in [1.29, 1.82) is 0 Å². The van der Waals surface area contributed by atoms with Crippen LogP contribution in [0.25, 0.3) is 10.9 Å². The van der Waals surface area contributed by atoms with E-state index in [1.165, 1.54) is 6.07 Å². The molecule has 1 N–H and O–H groups in total. The van der Waals surface area contributed by atoms with Crippen molar-refractivity contribution in [1.82, 2.24) is 14.8 Å². The third kappa shape index (κ3) is 3.46. The average Bonchev–Trinajstić information content (AvgIpc) is 2.94. The van der Waals surface area contributed by atoms with Crippen LogP contribution >= 0.6 is 0 Å². The summed E-state index contributed by atoms with van der Waals surface area (Å²) in [5, 5.41) is 3.94. The number of likely N-dealkylation sites (N-methyl/N-ethyl adjacent to an activating group) is 1. The summed E-state index contributed by atoms with van der Waals surface area (Å²) in [6, 6.07) is 11.2. The molecule has 3 rings (SSSR count). The number of halogens is 2. The molecular weight excluding hydrogens is 336 g/mol. The van der Waals surface area contributed by atoms with Gasteiger partial charge in [0, 0.05) is 36.3 Å². The quantitative estimate of drug-likeness (QED) is 0.759. The monoisotopic (exact) mass is 357 g/mol. The fourth-order valence-electron chi connectivity index (χ4n) is 3.14. The number of carbonyl (C=O) groups excluding carboxylic acids is 1. The molecule has 0 saturated heterocycles. The number of rotatable bonds is 5. The van der Waals surface area contributed by atoms with Crippen molar-refractivity contribution in [2.75, 3.05) is 20.6 Å². The molecule has 0 saturated carbocycles. The third-order valence-corrected chi connectivity index (χ3v) is 4.55. The standard InChI is InChI=1S/C20H21F2N3O/c1-24(2)19(15-12-25(3)18-7-5-4-6-14(15)18)11-23-20(26)13-8-9-16(21)17(22)10-13/h4-10,12,19H,11H2,1-3H3,(H,23,26). The number of amides is 1. The van der Waals surface area contributed by atoms with Crippen molar-refractivity contribution >= 4 is 16.8 Å². The van der Waals surface area contributed by atoms with E-state index in [4.69, 9.17) is 0 Å². The van der Waals surface area contributed by atoms with Crippen LogP contribution in [0.5, 0.6) is 0 Å². The Hall–Kier alpha value is -2.73. The van der Waals surface area contributed by atoms with Crippen molar-refractivity contribution in [2.24, 2.45) is 7.05 Å². The molecule has 6 heteroatoms. The van der Waals surface area contributed by atoms with Gasteiger partial charge >= 0.3 is 0 Å². The lowest BCUT2D eigenvalue weighted by molar-refractivity contribution is 0.0941. The topological polar surface area (TPSA) is 37.3 Å². The van der Waals surface area contributed by atoms with Crippen LogP contribution in [0.1, 0.15) is 22.0 Å². The van der Waals surface area contributed by atoms with E-state index >= 15 is 0 Å². The maximum Gasteiger partial charge on any atom is 0.251 e. The number of nitrogens with one attached hydrogen (secondary N) is 1. The number of hydrogen-bond acceptors (Lipinski definition) is 2. The second kappa shape index (κ2) is 7.25. The maximum atomic E-state index is 13.3. The first-order chi connectivity index (χ1) is 12.4. The van der Waals surface area contributed by atoms with Crippen LogP contribution in [0, 0.1) is 11.6 Å². The van der Waals surface area contributed by atoms with Crippen LogP contribution in [0.4, 0.5) is 8.78 Å². The van der Waals surface area contributed by atoms with Crippen molar-refractivity contribution in [3.8, 4) is 0 Å². The summed E-state index contributed by atoms with van der Waals surface area (Å²) in [5.41, 5.74) is 2.30. The molecule has 4 nitrogen and oxygen atoms in total. The van der Waals surface area contributed by atoms with Gasteiger partial charge in [0.2, 0.25) is 0 Å². The van der Waals surface area contributed by atoms with Crippen molar-refractivity contribution in [3.63, 3.8) is 0 Å². The summed E-state index contributed by atoms with van der Waals surface area (Å²) in [6.07, 6.45) is 2.05. The summed E-state index contributed by atoms with van der Waals surface area (Å²) < 4.78 is 28.4. The maximum absolute atomic E-state index is 13.3. The van der Waals surface area contributed by atoms with Crippen LogP contribution in [-0.2, 0) is 7.05 Å². The zero-order valence-corrected chi connectivity index (χ0v) is 15.0. The number of hydrogen-bond donors (Lipinski definition) is 1. The van der Waals surface area contributed by atoms with Crippen LogP contribution in [0.15, 0.2) is 48.7 Å². The van der Waals surface area contributed by atoms with Gasteiger partial charge in [-0.2, -0.15) is 0 Å². The molecule has 1 amide bonds. The van der Waals surface area contributed by atoms with E-state index in [-0.39, 0.29) is 11.6 Å². The molecule has 0 bridgehead atoms. The van der Waals surface area contributed by atoms with E-state index in [0.717, 1.165) is 28.6 Å². The molecule has 0 radical (unpaired) electrons. The first kappa shape index (κ1) is 18.1. The van der Waals surface area contributed by atoms with E-state index in [0.29, 0.717) is 6.54 Å². The number of para-hydroxylation sites is 1. The molecule has 0 aliphatic rings. The first-order valence-corrected chi connectivity index (χ1v) is 8.32. The molecular formula is C20H21F2N3O. The van der Waals surface area contributed by atoms with Crippen LogP contribution in [0.2, 0.25) is 0 Å². The predicted molar refractivity (Wildman–Crippen MR) is 98.0 cm³/mol. The highest BCUT2D eigenvalue weighted by atomic mass is 19.2. The normalized spacial score (nSPS) is 12.5. The Bertz CT molecular complexity index is 949. The Morgan fingerprint density at radius 3 is 2.58 bits per heavy atom. The number of nitrogens with zero attached hydrogens (tertiary/aromatic N) is 2. The Balaban J connectivity index is 1.83. The minimum absolute atomic E-state index is 0.0599. The minimum Gasteiger partial charge on any atom is -0.350 e. The van der Waals surface area contributed by atoms with Crippen molar-refractivity contribution in [2.45, 2.75) is 6.04 Å². The zero-order valence-electron chi connectivity index (χ0n) is 15.0. The smallest absolute Gasteiger partial charge is 0.251 e. The van der Waals surface area contributed by atoms with Crippen molar-refractivity contribution in [3.05, 3.63) is 71.4 Å². The van der Waals surface area contributed by atoms with Gasteiger partial charge in [-0.05, 0) is 43.9 Å². The van der Waals surface area contributed by atoms with Crippen molar-refractivity contribution < 1.29 is 13.6 Å². The molecule has 136 valence electrons. The molecule has 1 heterocycles. The number of fused-ring (bicyclic) bond motifs is 1. The summed E-state index contributed by atoms with van der Waals surface area (Å²) in [4.78, 5) is 14.3. The fraction of sp³-hybridized carbons (Fsp3) is 0.250.